The average Bonchev–Trinajstić information content (AvgIpc) is 3.31. The minimum Gasteiger partial charge on any atom is -0.457 e. The van der Waals surface area contributed by atoms with Crippen LogP contribution in [0.5, 0.6) is 0 Å². The highest BCUT2D eigenvalue weighted by Crippen LogP contribution is 2.35. The third-order valence-corrected chi connectivity index (χ3v) is 6.31. The van der Waals surface area contributed by atoms with Crippen LogP contribution in [0.4, 0.5) is 10.5 Å². The topological polar surface area (TPSA) is 93.7 Å². The van der Waals surface area contributed by atoms with Crippen molar-refractivity contribution in [2.24, 2.45) is 0 Å². The molecule has 162 valence electrons. The summed E-state index contributed by atoms with van der Waals surface area (Å²) in [4.78, 5) is 37.4. The Balaban J connectivity index is 1.57. The van der Waals surface area contributed by atoms with Gasteiger partial charge < -0.3 is 4.42 Å². The number of rotatable bonds is 5. The van der Waals surface area contributed by atoms with Gasteiger partial charge in [0.1, 0.15) is 11.5 Å². The van der Waals surface area contributed by atoms with Crippen LogP contribution in [-0.4, -0.2) is 21.0 Å². The lowest BCUT2D eigenvalue weighted by Crippen LogP contribution is -2.27. The smallest absolute Gasteiger partial charge is 0.293 e. The molecule has 4 rings (SSSR count). The number of hydrogen-bond acceptors (Lipinski definition) is 6. The molecule has 32 heavy (non-hydrogen) atoms. The second kappa shape index (κ2) is 8.64. The molecule has 0 saturated carbocycles. The van der Waals surface area contributed by atoms with Crippen LogP contribution in [-0.2, 0) is 11.3 Å². The van der Waals surface area contributed by atoms with E-state index < -0.39 is 10.8 Å². The molecule has 0 atom stereocenters. The molecule has 2 amide bonds. The molecule has 1 aromatic heterocycles. The summed E-state index contributed by atoms with van der Waals surface area (Å²) in [5.74, 6) is 0.399. The molecule has 3 aromatic rings. The number of carbonyl (C=O) groups excluding carboxylic acids is 2. The van der Waals surface area contributed by atoms with Crippen molar-refractivity contribution in [2.45, 2.75) is 20.4 Å². The van der Waals surface area contributed by atoms with Crippen LogP contribution >= 0.6 is 23.4 Å². The summed E-state index contributed by atoms with van der Waals surface area (Å²) in [7, 11) is 0. The predicted octanol–water partition coefficient (Wildman–Crippen LogP) is 6.36. The van der Waals surface area contributed by atoms with Crippen LogP contribution < -0.4 is 0 Å². The standard InChI is InChI=1S/C23H17ClN2O5S/c1-13-9-16(10-19(14(13)2)26(29)30)20-8-7-18(31-20)11-21-22(27)25(23(28)32-21)12-15-3-5-17(24)6-4-15/h3-11H,12H2,1-2H3/b21-11-. The number of thioether (sulfide) groups is 1. The Kier molecular flexibility index (Phi) is 5.90. The first-order valence-corrected chi connectivity index (χ1v) is 10.8. The van der Waals surface area contributed by atoms with Crippen molar-refractivity contribution >= 4 is 46.3 Å². The molecule has 2 heterocycles. The number of nitro groups is 1. The van der Waals surface area contributed by atoms with Crippen LogP contribution in [0.1, 0.15) is 22.5 Å². The monoisotopic (exact) mass is 468 g/mol. The van der Waals surface area contributed by atoms with E-state index in [9.17, 15) is 19.7 Å². The summed E-state index contributed by atoms with van der Waals surface area (Å²) in [5, 5.41) is 11.5. The van der Waals surface area contributed by atoms with E-state index in [1.807, 2.05) is 6.07 Å². The zero-order valence-corrected chi connectivity index (χ0v) is 18.7. The van der Waals surface area contributed by atoms with E-state index in [4.69, 9.17) is 16.0 Å². The molecular weight excluding hydrogens is 452 g/mol. The summed E-state index contributed by atoms with van der Waals surface area (Å²) in [6, 6.07) is 13.5. The number of aryl methyl sites for hydroxylation is 1. The predicted molar refractivity (Wildman–Crippen MR) is 123 cm³/mol. The summed E-state index contributed by atoms with van der Waals surface area (Å²) in [6.45, 7) is 3.65. The van der Waals surface area contributed by atoms with E-state index in [0.29, 0.717) is 27.7 Å². The molecule has 0 radical (unpaired) electrons. The van der Waals surface area contributed by atoms with Gasteiger partial charge in [0.25, 0.3) is 16.8 Å². The Morgan fingerprint density at radius 1 is 1.12 bits per heavy atom. The maximum Gasteiger partial charge on any atom is 0.293 e. The first-order valence-electron chi connectivity index (χ1n) is 9.58. The number of carbonyl (C=O) groups is 2. The van der Waals surface area contributed by atoms with E-state index in [1.165, 1.54) is 12.1 Å². The quantitative estimate of drug-likeness (QED) is 0.245. The van der Waals surface area contributed by atoms with Gasteiger partial charge in [-0.25, -0.2) is 0 Å². The van der Waals surface area contributed by atoms with Crippen molar-refractivity contribution < 1.29 is 18.9 Å². The summed E-state index contributed by atoms with van der Waals surface area (Å²) < 4.78 is 5.80. The molecule has 0 unspecified atom stereocenters. The summed E-state index contributed by atoms with van der Waals surface area (Å²) in [5.41, 5.74) is 2.74. The minimum absolute atomic E-state index is 0.0151. The van der Waals surface area contributed by atoms with Crippen LogP contribution in [0, 0.1) is 24.0 Å². The Bertz CT molecular complexity index is 1280. The zero-order valence-electron chi connectivity index (χ0n) is 17.1. The fourth-order valence-corrected chi connectivity index (χ4v) is 4.24. The zero-order chi connectivity index (χ0) is 23.0. The first kappa shape index (κ1) is 21.9. The van der Waals surface area contributed by atoms with Gasteiger partial charge in [0.2, 0.25) is 0 Å². The number of amides is 2. The second-order valence-corrected chi connectivity index (χ2v) is 8.72. The largest absolute Gasteiger partial charge is 0.457 e. The highest BCUT2D eigenvalue weighted by atomic mass is 35.5. The fraction of sp³-hybridized carbons (Fsp3) is 0.130. The molecular formula is C23H17ClN2O5S. The Labute approximate surface area is 192 Å². The van der Waals surface area contributed by atoms with Gasteiger partial charge in [-0.15, -0.1) is 0 Å². The van der Waals surface area contributed by atoms with Crippen LogP contribution in [0.15, 0.2) is 57.9 Å². The molecule has 0 aliphatic carbocycles. The average molecular weight is 469 g/mol. The molecule has 0 N–H and O–H groups in total. The van der Waals surface area contributed by atoms with E-state index in [1.54, 1.807) is 50.2 Å². The number of halogens is 1. The number of imide groups is 1. The molecule has 2 aromatic carbocycles. The lowest BCUT2D eigenvalue weighted by atomic mass is 10.0. The number of nitro benzene ring substituents is 1. The molecule has 0 spiro atoms. The van der Waals surface area contributed by atoms with Crippen molar-refractivity contribution in [1.29, 1.82) is 0 Å². The normalized spacial score (nSPS) is 15.1. The van der Waals surface area contributed by atoms with Gasteiger partial charge in [-0.2, -0.15) is 0 Å². The van der Waals surface area contributed by atoms with Gasteiger partial charge in [0.05, 0.1) is 16.4 Å². The van der Waals surface area contributed by atoms with Crippen molar-refractivity contribution in [1.82, 2.24) is 4.90 Å². The maximum absolute atomic E-state index is 12.7. The third kappa shape index (κ3) is 4.32. The maximum atomic E-state index is 12.7. The van der Waals surface area contributed by atoms with Gasteiger partial charge in [-0.1, -0.05) is 23.7 Å². The minimum atomic E-state index is -0.424. The van der Waals surface area contributed by atoms with Crippen LogP contribution in [0.3, 0.4) is 0 Å². The number of nitrogens with zero attached hydrogens (tertiary/aromatic N) is 2. The summed E-state index contributed by atoms with van der Waals surface area (Å²) in [6.07, 6.45) is 1.51. The van der Waals surface area contributed by atoms with Gasteiger partial charge in [-0.3, -0.25) is 24.6 Å². The lowest BCUT2D eigenvalue weighted by Gasteiger charge is -2.12. The molecule has 9 heteroatoms. The van der Waals surface area contributed by atoms with Crippen molar-refractivity contribution in [3.8, 4) is 11.3 Å². The summed E-state index contributed by atoms with van der Waals surface area (Å²) >= 11 is 6.72. The van der Waals surface area contributed by atoms with E-state index >= 15 is 0 Å². The Hall–Kier alpha value is -3.36. The van der Waals surface area contributed by atoms with Gasteiger partial charge in [0, 0.05) is 28.3 Å². The van der Waals surface area contributed by atoms with E-state index in [2.05, 4.69) is 0 Å². The fourth-order valence-electron chi connectivity index (χ4n) is 3.30. The molecule has 1 fully saturated rings. The van der Waals surface area contributed by atoms with Crippen molar-refractivity contribution in [2.75, 3.05) is 0 Å². The highest BCUT2D eigenvalue weighted by Gasteiger charge is 2.35. The number of hydrogen-bond donors (Lipinski definition) is 0. The van der Waals surface area contributed by atoms with E-state index in [0.717, 1.165) is 27.8 Å². The third-order valence-electron chi connectivity index (χ3n) is 5.15. The van der Waals surface area contributed by atoms with Gasteiger partial charge >= 0.3 is 0 Å². The Morgan fingerprint density at radius 3 is 2.53 bits per heavy atom. The van der Waals surface area contributed by atoms with Crippen LogP contribution in [0.2, 0.25) is 5.02 Å². The molecule has 0 bridgehead atoms. The molecule has 1 aliphatic rings. The lowest BCUT2D eigenvalue weighted by molar-refractivity contribution is -0.385. The molecule has 7 nitrogen and oxygen atoms in total. The molecule has 1 saturated heterocycles. The highest BCUT2D eigenvalue weighted by molar-refractivity contribution is 8.18. The number of furan rings is 1. The SMILES string of the molecule is Cc1cc(-c2ccc(/C=C3\SC(=O)N(Cc4ccc(Cl)cc4)C3=O)o2)cc([N+](=O)[O-])c1C. The van der Waals surface area contributed by atoms with Crippen molar-refractivity contribution in [3.05, 3.63) is 91.0 Å². The van der Waals surface area contributed by atoms with Gasteiger partial charge in [-0.05, 0) is 67.1 Å². The van der Waals surface area contributed by atoms with Crippen molar-refractivity contribution in [3.63, 3.8) is 0 Å². The molecule has 1 aliphatic heterocycles. The van der Waals surface area contributed by atoms with Gasteiger partial charge in [0.15, 0.2) is 0 Å². The second-order valence-electron chi connectivity index (χ2n) is 7.29. The number of benzene rings is 2. The van der Waals surface area contributed by atoms with Crippen LogP contribution in [0.25, 0.3) is 17.4 Å². The van der Waals surface area contributed by atoms with E-state index in [-0.39, 0.29) is 22.4 Å². The Morgan fingerprint density at radius 2 is 1.84 bits per heavy atom. The first-order chi connectivity index (χ1) is 15.2.